The number of anilines is 1. The highest BCUT2D eigenvalue weighted by atomic mass is 127. The summed E-state index contributed by atoms with van der Waals surface area (Å²) in [6, 6.07) is 4.80. The molecule has 25 heavy (non-hydrogen) atoms. The Bertz CT molecular complexity index is 604. The van der Waals surface area contributed by atoms with Gasteiger partial charge in [0.05, 0.1) is 10.1 Å². The van der Waals surface area contributed by atoms with Gasteiger partial charge in [0.2, 0.25) is 0 Å². The Balaban J connectivity index is 1.55. The highest BCUT2D eigenvalue weighted by Gasteiger charge is 2.36. The predicted molar refractivity (Wildman–Crippen MR) is 104 cm³/mol. The second-order valence-corrected chi connectivity index (χ2v) is 7.56. The fourth-order valence-corrected chi connectivity index (χ4v) is 4.58. The van der Waals surface area contributed by atoms with Crippen molar-refractivity contribution in [3.05, 3.63) is 30.0 Å². The number of ether oxygens (including phenoxy) is 1. The lowest BCUT2D eigenvalue weighted by atomic mass is 10.1. The summed E-state index contributed by atoms with van der Waals surface area (Å²) < 4.78 is 5.91. The molecule has 2 aliphatic rings. The van der Waals surface area contributed by atoms with Crippen LogP contribution in [0.2, 0.25) is 0 Å². The molecule has 2 aliphatic heterocycles. The maximum Gasteiger partial charge on any atom is 0.267 e. The van der Waals surface area contributed by atoms with Gasteiger partial charge >= 0.3 is 0 Å². The summed E-state index contributed by atoms with van der Waals surface area (Å²) in [6.45, 7) is 2.84. The number of nitrogens with zero attached hydrogens (tertiary/aromatic N) is 2. The fraction of sp³-hybridized carbons (Fsp3) is 0.529. The molecule has 0 bridgehead atoms. The van der Waals surface area contributed by atoms with Gasteiger partial charge in [-0.3, -0.25) is 14.9 Å². The second-order valence-electron chi connectivity index (χ2n) is 6.28. The van der Waals surface area contributed by atoms with Crippen LogP contribution in [0.4, 0.5) is 5.82 Å². The van der Waals surface area contributed by atoms with Gasteiger partial charge in [0, 0.05) is 38.1 Å². The van der Waals surface area contributed by atoms with Crippen molar-refractivity contribution >= 4 is 40.4 Å². The molecule has 3 rings (SSSR count). The minimum Gasteiger partial charge on any atom is -0.381 e. The number of hydroxylamine groups is 1. The van der Waals surface area contributed by atoms with Gasteiger partial charge in [-0.05, 0) is 43.0 Å². The van der Waals surface area contributed by atoms with E-state index < -0.39 is 5.91 Å². The Morgan fingerprint density at radius 1 is 1.36 bits per heavy atom. The smallest absolute Gasteiger partial charge is 0.267 e. The number of carbonyl (C=O) groups excluding carboxylic acids is 1. The van der Waals surface area contributed by atoms with Gasteiger partial charge in [-0.2, -0.15) is 0 Å². The largest absolute Gasteiger partial charge is 0.381 e. The Morgan fingerprint density at radius 2 is 2.16 bits per heavy atom. The Morgan fingerprint density at radius 3 is 2.84 bits per heavy atom. The Labute approximate surface area is 160 Å². The first-order chi connectivity index (χ1) is 12.2. The maximum absolute atomic E-state index is 11.0. The van der Waals surface area contributed by atoms with Crippen LogP contribution in [0.5, 0.6) is 0 Å². The van der Waals surface area contributed by atoms with Crippen molar-refractivity contribution in [3.8, 4) is 0 Å². The number of rotatable bonds is 5. The minimum atomic E-state index is -0.561. The van der Waals surface area contributed by atoms with Crippen LogP contribution in [0.3, 0.4) is 0 Å². The van der Waals surface area contributed by atoms with Crippen molar-refractivity contribution in [3.63, 3.8) is 0 Å². The van der Waals surface area contributed by atoms with Gasteiger partial charge in [0.1, 0.15) is 5.82 Å². The summed E-state index contributed by atoms with van der Waals surface area (Å²) in [5, 5.41) is 12.0. The van der Waals surface area contributed by atoms with Crippen LogP contribution in [0, 0.1) is 0 Å². The van der Waals surface area contributed by atoms with Gasteiger partial charge in [-0.15, -0.1) is 0 Å². The van der Waals surface area contributed by atoms with E-state index in [9.17, 15) is 4.79 Å². The number of likely N-dealkylation sites (tertiary alicyclic amines) is 1. The lowest BCUT2D eigenvalue weighted by Crippen LogP contribution is -2.43. The molecule has 1 unspecified atom stereocenters. The number of hydrogen-bond donors (Lipinski definition) is 3. The third-order valence-corrected chi connectivity index (χ3v) is 6.25. The number of aromatic nitrogens is 1. The molecule has 0 saturated carbocycles. The van der Waals surface area contributed by atoms with E-state index >= 15 is 0 Å². The summed E-state index contributed by atoms with van der Waals surface area (Å²) in [4.78, 5) is 18.0. The van der Waals surface area contributed by atoms with Crippen LogP contribution in [0.15, 0.2) is 24.4 Å². The molecule has 1 amide bonds. The molecule has 1 aromatic heterocycles. The van der Waals surface area contributed by atoms with E-state index in [4.69, 9.17) is 9.94 Å². The molecule has 0 spiro atoms. The van der Waals surface area contributed by atoms with E-state index in [2.05, 4.69) is 37.8 Å². The van der Waals surface area contributed by atoms with Crippen molar-refractivity contribution in [1.29, 1.82) is 0 Å². The van der Waals surface area contributed by atoms with Crippen molar-refractivity contribution in [2.45, 2.75) is 35.4 Å². The van der Waals surface area contributed by atoms with Crippen LogP contribution in [0.25, 0.3) is 6.08 Å². The van der Waals surface area contributed by atoms with E-state index in [1.165, 1.54) is 6.08 Å². The molecule has 3 N–H and O–H groups in total. The predicted octanol–water partition coefficient (Wildman–Crippen LogP) is 2.03. The SMILES string of the molecule is O=C(C=Cc1ccc(N[C@@H]2CCN(C3CCOCC3)C2I)nc1)NO. The topological polar surface area (TPSA) is 86.7 Å². The third kappa shape index (κ3) is 4.90. The minimum absolute atomic E-state index is 0.373. The molecule has 2 saturated heterocycles. The average molecular weight is 458 g/mol. The molecule has 2 fully saturated rings. The van der Waals surface area contributed by atoms with Crippen LogP contribution >= 0.6 is 22.6 Å². The lowest BCUT2D eigenvalue weighted by Gasteiger charge is -2.34. The molecule has 1 aromatic rings. The van der Waals surface area contributed by atoms with E-state index in [1.54, 1.807) is 17.8 Å². The van der Waals surface area contributed by atoms with E-state index in [1.807, 2.05) is 12.1 Å². The van der Waals surface area contributed by atoms with Crippen molar-refractivity contribution in [2.75, 3.05) is 25.1 Å². The van der Waals surface area contributed by atoms with E-state index in [0.717, 1.165) is 50.4 Å². The summed E-state index contributed by atoms with van der Waals surface area (Å²) in [6.07, 6.45) is 7.90. The van der Waals surface area contributed by atoms with Crippen molar-refractivity contribution in [2.24, 2.45) is 0 Å². The maximum atomic E-state index is 11.0. The second kappa shape index (κ2) is 8.93. The zero-order valence-corrected chi connectivity index (χ0v) is 16.1. The molecule has 0 aromatic carbocycles. The number of halogens is 1. The standard InChI is InChI=1S/C17H23IN4O3/c18-17-14(5-8-22(17)13-6-9-25-10-7-13)20-15-3-1-12(11-19-15)2-4-16(23)21-24/h1-4,11,13-14,17,24H,5-10H2,(H,19,20)(H,21,23)/t14-,17?/m1/s1. The molecule has 136 valence electrons. The molecule has 0 radical (unpaired) electrons. The Kier molecular flexibility index (Phi) is 6.63. The van der Waals surface area contributed by atoms with Crippen LogP contribution in [-0.2, 0) is 9.53 Å². The molecule has 8 heteroatoms. The van der Waals surface area contributed by atoms with Crippen LogP contribution < -0.4 is 10.8 Å². The monoisotopic (exact) mass is 458 g/mol. The van der Waals surface area contributed by atoms with Gasteiger partial charge < -0.3 is 10.1 Å². The highest BCUT2D eigenvalue weighted by Crippen LogP contribution is 2.31. The number of nitrogens with one attached hydrogen (secondary N) is 2. The van der Waals surface area contributed by atoms with Crippen LogP contribution in [0.1, 0.15) is 24.8 Å². The number of pyridine rings is 1. The summed E-state index contributed by atoms with van der Waals surface area (Å²) >= 11 is 2.53. The zero-order chi connectivity index (χ0) is 17.6. The quantitative estimate of drug-likeness (QED) is 0.156. The molecule has 7 nitrogen and oxygen atoms in total. The summed E-state index contributed by atoms with van der Waals surface area (Å²) in [7, 11) is 0. The van der Waals surface area contributed by atoms with Gasteiger partial charge in [0.25, 0.3) is 5.91 Å². The van der Waals surface area contributed by atoms with Gasteiger partial charge in [-0.25, -0.2) is 10.5 Å². The molecule has 3 heterocycles. The normalized spacial score (nSPS) is 25.4. The van der Waals surface area contributed by atoms with E-state index in [-0.39, 0.29) is 0 Å². The molecule has 0 aliphatic carbocycles. The van der Waals surface area contributed by atoms with E-state index in [0.29, 0.717) is 16.1 Å². The number of hydrogen-bond acceptors (Lipinski definition) is 6. The molecular formula is C17H23IN4O3. The first-order valence-corrected chi connectivity index (χ1v) is 9.74. The Hall–Kier alpha value is -1.23. The fourth-order valence-electron chi connectivity index (χ4n) is 3.31. The number of carbonyl (C=O) groups is 1. The van der Waals surface area contributed by atoms with Crippen molar-refractivity contribution in [1.82, 2.24) is 15.4 Å². The van der Waals surface area contributed by atoms with Gasteiger partial charge in [0.15, 0.2) is 0 Å². The van der Waals surface area contributed by atoms with Crippen molar-refractivity contribution < 1.29 is 14.7 Å². The van der Waals surface area contributed by atoms with Gasteiger partial charge in [-0.1, -0.05) is 22.6 Å². The lowest BCUT2D eigenvalue weighted by molar-refractivity contribution is -0.124. The number of amides is 1. The molecular weight excluding hydrogens is 435 g/mol. The first-order valence-electron chi connectivity index (χ1n) is 8.49. The average Bonchev–Trinajstić information content (AvgIpc) is 3.02. The third-order valence-electron chi connectivity index (χ3n) is 4.66. The zero-order valence-electron chi connectivity index (χ0n) is 13.9. The molecule has 2 atom stereocenters. The summed E-state index contributed by atoms with van der Waals surface area (Å²) in [5.41, 5.74) is 2.36. The number of alkyl halides is 1. The van der Waals surface area contributed by atoms with Crippen LogP contribution in [-0.4, -0.2) is 56.9 Å². The highest BCUT2D eigenvalue weighted by molar-refractivity contribution is 14.1. The first kappa shape index (κ1) is 18.6. The summed E-state index contributed by atoms with van der Waals surface area (Å²) in [5.74, 6) is 0.276.